The van der Waals surface area contributed by atoms with Crippen LogP contribution in [0.25, 0.3) is 16.7 Å². The van der Waals surface area contributed by atoms with Crippen molar-refractivity contribution in [3.05, 3.63) is 58.9 Å². The second kappa shape index (κ2) is 9.64. The van der Waals surface area contributed by atoms with Crippen LogP contribution in [0.5, 0.6) is 0 Å². The average molecular weight is 583 g/mol. The topological polar surface area (TPSA) is 75.4 Å². The van der Waals surface area contributed by atoms with Gasteiger partial charge in [0.15, 0.2) is 11.6 Å². The number of hydrogen-bond donors (Lipinski definition) is 1. The number of hydrogen-bond acceptors (Lipinski definition) is 5. The lowest BCUT2D eigenvalue weighted by Gasteiger charge is -2.26. The molecule has 1 aliphatic heterocycles. The number of nitrogens with one attached hydrogen (secondary N) is 1. The number of carbonyl (C=O) groups is 1. The van der Waals surface area contributed by atoms with E-state index in [2.05, 4.69) is 32.3 Å². The van der Waals surface area contributed by atoms with Crippen LogP contribution >= 0.6 is 0 Å². The molecular formula is C30H27F5N6O. The van der Waals surface area contributed by atoms with Crippen LogP contribution in [0.4, 0.5) is 33.5 Å². The molecule has 2 aromatic heterocycles. The van der Waals surface area contributed by atoms with E-state index >= 15 is 4.39 Å². The summed E-state index contributed by atoms with van der Waals surface area (Å²) in [5.41, 5.74) is -1.04. The first-order chi connectivity index (χ1) is 19.8. The van der Waals surface area contributed by atoms with Crippen LogP contribution in [-0.4, -0.2) is 43.7 Å². The number of amides is 1. The number of nitrogens with zero attached hydrogens (tertiary/aromatic N) is 5. The number of carbonyl (C=O) groups excluding carboxylic acids is 1. The number of aromatic nitrogens is 4. The molecular weight excluding hydrogens is 555 g/mol. The first-order valence-corrected chi connectivity index (χ1v) is 13.6. The predicted octanol–water partition coefficient (Wildman–Crippen LogP) is 5.93. The third kappa shape index (κ3) is 4.51. The summed E-state index contributed by atoms with van der Waals surface area (Å²) in [6.07, 6.45) is -2.96. The van der Waals surface area contributed by atoms with E-state index in [1.165, 1.54) is 6.07 Å². The maximum atomic E-state index is 15.4. The van der Waals surface area contributed by atoms with Crippen molar-refractivity contribution in [1.82, 2.24) is 24.9 Å². The number of anilines is 2. The van der Waals surface area contributed by atoms with Crippen LogP contribution in [0.3, 0.4) is 0 Å². The molecule has 2 aromatic carbocycles. The van der Waals surface area contributed by atoms with Crippen molar-refractivity contribution in [3.63, 3.8) is 0 Å². The lowest BCUT2D eigenvalue weighted by Crippen LogP contribution is -2.49. The van der Waals surface area contributed by atoms with Gasteiger partial charge in [0.1, 0.15) is 17.1 Å². The van der Waals surface area contributed by atoms with Gasteiger partial charge in [-0.15, -0.1) is 10.2 Å². The summed E-state index contributed by atoms with van der Waals surface area (Å²) in [5, 5.41) is 10.7. The van der Waals surface area contributed by atoms with Gasteiger partial charge in [-0.05, 0) is 82.7 Å². The largest absolute Gasteiger partial charge is 0.403 e. The van der Waals surface area contributed by atoms with Crippen molar-refractivity contribution in [2.75, 3.05) is 11.4 Å². The molecule has 42 heavy (non-hydrogen) atoms. The smallest absolute Gasteiger partial charge is 0.340 e. The number of alkyl halides is 3. The van der Waals surface area contributed by atoms with Gasteiger partial charge in [0.2, 0.25) is 5.91 Å². The fourth-order valence-corrected chi connectivity index (χ4v) is 5.53. The SMILES string of the molecule is Cc1nnc2nc(N3CCCCc4c(C#CC(C)(C)NC(=O)C5(C(F)(F)F)CC5)cccc43)c3c(F)c(F)ccc3n12. The van der Waals surface area contributed by atoms with Crippen molar-refractivity contribution in [1.29, 1.82) is 0 Å². The molecule has 0 saturated heterocycles. The molecule has 0 spiro atoms. The summed E-state index contributed by atoms with van der Waals surface area (Å²) in [6.45, 7) is 5.28. The Labute approximate surface area is 238 Å². The molecule has 1 N–H and O–H groups in total. The highest BCUT2D eigenvalue weighted by atomic mass is 19.4. The van der Waals surface area contributed by atoms with Crippen LogP contribution in [0, 0.1) is 35.8 Å². The summed E-state index contributed by atoms with van der Waals surface area (Å²) in [4.78, 5) is 19.0. The first-order valence-electron chi connectivity index (χ1n) is 13.6. The van der Waals surface area contributed by atoms with Crippen LogP contribution in [0.1, 0.15) is 56.5 Å². The van der Waals surface area contributed by atoms with Crippen molar-refractivity contribution in [3.8, 4) is 11.8 Å². The van der Waals surface area contributed by atoms with Crippen LogP contribution in [0.2, 0.25) is 0 Å². The predicted molar refractivity (Wildman–Crippen MR) is 146 cm³/mol. The lowest BCUT2D eigenvalue weighted by atomic mass is 9.98. The molecule has 0 unspecified atom stereocenters. The lowest BCUT2D eigenvalue weighted by molar-refractivity contribution is -0.192. The summed E-state index contributed by atoms with van der Waals surface area (Å²) >= 11 is 0. The van der Waals surface area contributed by atoms with Gasteiger partial charge in [0.05, 0.1) is 16.4 Å². The van der Waals surface area contributed by atoms with Gasteiger partial charge in [-0.25, -0.2) is 8.78 Å². The van der Waals surface area contributed by atoms with Crippen LogP contribution in [0.15, 0.2) is 30.3 Å². The minimum Gasteiger partial charge on any atom is -0.340 e. The number of rotatable bonds is 3. The molecule has 1 aliphatic carbocycles. The molecule has 3 heterocycles. The highest BCUT2D eigenvalue weighted by molar-refractivity contribution is 5.95. The van der Waals surface area contributed by atoms with E-state index in [1.807, 2.05) is 11.0 Å². The Bertz CT molecular complexity index is 1810. The molecule has 1 saturated carbocycles. The Balaban J connectivity index is 1.42. The van der Waals surface area contributed by atoms with Gasteiger partial charge in [0, 0.05) is 17.8 Å². The molecule has 6 rings (SSSR count). The third-order valence-electron chi connectivity index (χ3n) is 7.97. The van der Waals surface area contributed by atoms with E-state index in [0.717, 1.165) is 24.5 Å². The Hall–Kier alpha value is -4.27. The number of halogens is 5. The summed E-state index contributed by atoms with van der Waals surface area (Å²) < 4.78 is 71.9. The van der Waals surface area contributed by atoms with Crippen molar-refractivity contribution in [2.24, 2.45) is 5.41 Å². The second-order valence-corrected chi connectivity index (χ2v) is 11.4. The maximum Gasteiger partial charge on any atom is 0.403 e. The van der Waals surface area contributed by atoms with Gasteiger partial charge >= 0.3 is 6.18 Å². The maximum absolute atomic E-state index is 15.4. The van der Waals surface area contributed by atoms with Crippen molar-refractivity contribution < 1.29 is 26.7 Å². The Morgan fingerprint density at radius 3 is 2.55 bits per heavy atom. The molecule has 0 atom stereocenters. The molecule has 7 nitrogen and oxygen atoms in total. The normalized spacial score (nSPS) is 16.5. The molecule has 0 bridgehead atoms. The molecule has 12 heteroatoms. The number of fused-ring (bicyclic) bond motifs is 4. The minimum atomic E-state index is -4.62. The zero-order valence-corrected chi connectivity index (χ0v) is 23.2. The Morgan fingerprint density at radius 2 is 1.83 bits per heavy atom. The fourth-order valence-electron chi connectivity index (χ4n) is 5.53. The number of benzene rings is 2. The van der Waals surface area contributed by atoms with E-state index in [9.17, 15) is 22.4 Å². The second-order valence-electron chi connectivity index (χ2n) is 11.4. The monoisotopic (exact) mass is 582 g/mol. The zero-order valence-electron chi connectivity index (χ0n) is 23.2. The first kappa shape index (κ1) is 27.9. The highest BCUT2D eigenvalue weighted by Crippen LogP contribution is 2.57. The molecule has 1 fully saturated rings. The highest BCUT2D eigenvalue weighted by Gasteiger charge is 2.68. The molecule has 0 radical (unpaired) electrons. The van der Waals surface area contributed by atoms with Gasteiger partial charge in [-0.1, -0.05) is 17.9 Å². The van der Waals surface area contributed by atoms with E-state index in [-0.39, 0.29) is 29.8 Å². The number of aryl methyl sites for hydroxylation is 1. The fraction of sp³-hybridized carbons (Fsp3) is 0.400. The van der Waals surface area contributed by atoms with Crippen LogP contribution in [-0.2, 0) is 11.2 Å². The van der Waals surface area contributed by atoms with Crippen molar-refractivity contribution >= 4 is 34.1 Å². The van der Waals surface area contributed by atoms with E-state index < -0.39 is 34.7 Å². The van der Waals surface area contributed by atoms with Gasteiger partial charge in [0.25, 0.3) is 5.78 Å². The molecule has 4 aromatic rings. The van der Waals surface area contributed by atoms with Crippen molar-refractivity contribution in [2.45, 2.75) is 64.6 Å². The third-order valence-corrected chi connectivity index (χ3v) is 7.97. The average Bonchev–Trinajstić information content (AvgIpc) is 3.71. The molecule has 218 valence electrons. The Kier molecular flexibility index (Phi) is 6.40. The van der Waals surface area contributed by atoms with Gasteiger partial charge < -0.3 is 10.2 Å². The summed E-state index contributed by atoms with van der Waals surface area (Å²) in [5.74, 6) is 3.82. The molecule has 2 aliphatic rings. The van der Waals surface area contributed by atoms with Crippen LogP contribution < -0.4 is 10.2 Å². The summed E-state index contributed by atoms with van der Waals surface area (Å²) in [7, 11) is 0. The quantitative estimate of drug-likeness (QED) is 0.240. The molecule has 1 amide bonds. The Morgan fingerprint density at radius 1 is 1.07 bits per heavy atom. The standard InChI is InChI=1S/C30H27F5N6O/c1-17-38-39-27-36-25(23-22(41(17)27)11-10-20(31)24(23)32)40-16-5-4-8-19-18(7-6-9-21(19)40)12-13-28(2,3)37-26(42)29(14-15-29)30(33,34)35/h6-7,9-11H,4-5,8,14-16H2,1-3H3,(H,37,42). The van der Waals surface area contributed by atoms with E-state index in [0.29, 0.717) is 35.6 Å². The zero-order chi connectivity index (χ0) is 30.0. The van der Waals surface area contributed by atoms with Gasteiger partial charge in [-0.2, -0.15) is 18.2 Å². The van der Waals surface area contributed by atoms with E-state index in [4.69, 9.17) is 0 Å². The summed E-state index contributed by atoms with van der Waals surface area (Å²) in [6, 6.07) is 7.95. The minimum absolute atomic E-state index is 0.00254. The van der Waals surface area contributed by atoms with Gasteiger partial charge in [-0.3, -0.25) is 9.20 Å². The van der Waals surface area contributed by atoms with E-state index in [1.54, 1.807) is 37.3 Å².